The minimum atomic E-state index is -0.932. The summed E-state index contributed by atoms with van der Waals surface area (Å²) in [6, 6.07) is 7.53. The monoisotopic (exact) mass is 244 g/mol. The second-order valence-corrected chi connectivity index (χ2v) is 4.08. The Morgan fingerprint density at radius 1 is 1.62 bits per heavy atom. The Labute approximate surface area is 86.0 Å². The van der Waals surface area contributed by atoms with Gasteiger partial charge in [-0.2, -0.15) is 0 Å². The quantitative estimate of drug-likeness (QED) is 0.552. The molecule has 0 radical (unpaired) electrons. The smallest absolute Gasteiger partial charge is 0.101 e. The second kappa shape index (κ2) is 4.19. The van der Waals surface area contributed by atoms with Crippen molar-refractivity contribution in [2.75, 3.05) is 6.54 Å². The van der Waals surface area contributed by atoms with Crippen molar-refractivity contribution in [3.63, 3.8) is 0 Å². The molecule has 4 heteroatoms. The molecule has 13 heavy (non-hydrogen) atoms. The lowest BCUT2D eigenvalue weighted by molar-refractivity contribution is 0.0572. The van der Waals surface area contributed by atoms with Crippen LogP contribution in [0.25, 0.3) is 0 Å². The van der Waals surface area contributed by atoms with E-state index in [1.807, 2.05) is 24.3 Å². The highest BCUT2D eigenvalue weighted by molar-refractivity contribution is 9.10. The van der Waals surface area contributed by atoms with E-state index < -0.39 is 5.60 Å². The molecule has 1 unspecified atom stereocenters. The van der Waals surface area contributed by atoms with Gasteiger partial charge >= 0.3 is 0 Å². The predicted molar refractivity (Wildman–Crippen MR) is 55.9 cm³/mol. The zero-order valence-corrected chi connectivity index (χ0v) is 9.01. The maximum atomic E-state index is 9.95. The molecule has 0 saturated carbocycles. The van der Waals surface area contributed by atoms with Gasteiger partial charge in [0.1, 0.15) is 5.60 Å². The largest absolute Gasteiger partial charge is 0.384 e. The molecule has 1 rings (SSSR count). The topological polar surface area (TPSA) is 58.3 Å². The third kappa shape index (κ3) is 2.77. The van der Waals surface area contributed by atoms with Crippen molar-refractivity contribution in [1.29, 1.82) is 0 Å². The van der Waals surface area contributed by atoms with Crippen molar-refractivity contribution >= 4 is 15.9 Å². The second-order valence-electron chi connectivity index (χ2n) is 3.17. The fourth-order valence-corrected chi connectivity index (χ4v) is 1.52. The average Bonchev–Trinajstić information content (AvgIpc) is 2.04. The SMILES string of the molecule is CC(O)(CNN)c1cccc(Br)c1. The van der Waals surface area contributed by atoms with Gasteiger partial charge in [0.15, 0.2) is 0 Å². The Morgan fingerprint density at radius 2 is 2.31 bits per heavy atom. The van der Waals surface area contributed by atoms with Crippen molar-refractivity contribution in [1.82, 2.24) is 5.43 Å². The molecule has 0 aliphatic carbocycles. The van der Waals surface area contributed by atoms with Crippen LogP contribution in [0, 0.1) is 0 Å². The molecule has 0 aromatic heterocycles. The van der Waals surface area contributed by atoms with Gasteiger partial charge in [0.05, 0.1) is 0 Å². The Kier molecular flexibility index (Phi) is 3.44. The van der Waals surface area contributed by atoms with Gasteiger partial charge in [-0.3, -0.25) is 11.3 Å². The summed E-state index contributed by atoms with van der Waals surface area (Å²) in [5.74, 6) is 5.17. The van der Waals surface area contributed by atoms with Crippen LogP contribution in [-0.2, 0) is 5.60 Å². The first-order valence-corrected chi connectivity index (χ1v) is 4.77. The van der Waals surface area contributed by atoms with Crippen LogP contribution in [0.1, 0.15) is 12.5 Å². The third-order valence-electron chi connectivity index (χ3n) is 1.89. The molecule has 4 N–H and O–H groups in total. The zero-order chi connectivity index (χ0) is 9.90. The molecule has 0 saturated heterocycles. The van der Waals surface area contributed by atoms with E-state index in [0.29, 0.717) is 6.54 Å². The van der Waals surface area contributed by atoms with Crippen molar-refractivity contribution in [3.8, 4) is 0 Å². The molecule has 3 nitrogen and oxygen atoms in total. The summed E-state index contributed by atoms with van der Waals surface area (Å²) < 4.78 is 0.947. The number of benzene rings is 1. The fraction of sp³-hybridized carbons (Fsp3) is 0.333. The molecule has 0 spiro atoms. The fourth-order valence-electron chi connectivity index (χ4n) is 1.12. The average molecular weight is 245 g/mol. The van der Waals surface area contributed by atoms with E-state index in [2.05, 4.69) is 21.4 Å². The molecule has 0 fully saturated rings. The first kappa shape index (κ1) is 10.7. The lowest BCUT2D eigenvalue weighted by Gasteiger charge is -2.23. The highest BCUT2D eigenvalue weighted by Crippen LogP contribution is 2.22. The number of hydrazine groups is 1. The van der Waals surface area contributed by atoms with Crippen LogP contribution in [0.3, 0.4) is 0 Å². The summed E-state index contributed by atoms with van der Waals surface area (Å²) in [7, 11) is 0. The number of rotatable bonds is 3. The van der Waals surface area contributed by atoms with Crippen molar-refractivity contribution in [2.24, 2.45) is 5.84 Å². The lowest BCUT2D eigenvalue weighted by atomic mass is 9.96. The highest BCUT2D eigenvalue weighted by atomic mass is 79.9. The van der Waals surface area contributed by atoms with E-state index in [9.17, 15) is 5.11 Å². The first-order chi connectivity index (χ1) is 6.06. The number of nitrogens with one attached hydrogen (secondary N) is 1. The first-order valence-electron chi connectivity index (χ1n) is 3.98. The molecule has 0 aliphatic heterocycles. The maximum absolute atomic E-state index is 9.95. The molecule has 1 aromatic rings. The standard InChI is InChI=1S/C9H13BrN2O/c1-9(13,6-12-11)7-3-2-4-8(10)5-7/h2-5,12-13H,6,11H2,1H3. The van der Waals surface area contributed by atoms with E-state index in [1.165, 1.54) is 0 Å². The van der Waals surface area contributed by atoms with Gasteiger partial charge in [-0.1, -0.05) is 28.1 Å². The molecule has 0 amide bonds. The summed E-state index contributed by atoms with van der Waals surface area (Å²) in [4.78, 5) is 0. The summed E-state index contributed by atoms with van der Waals surface area (Å²) in [6.45, 7) is 2.04. The van der Waals surface area contributed by atoms with E-state index in [0.717, 1.165) is 10.0 Å². The number of halogens is 1. The summed E-state index contributed by atoms with van der Waals surface area (Å²) in [5.41, 5.74) is 2.36. The van der Waals surface area contributed by atoms with Gasteiger partial charge in [0, 0.05) is 11.0 Å². The molecule has 0 heterocycles. The third-order valence-corrected chi connectivity index (χ3v) is 2.39. The number of hydrogen-bond donors (Lipinski definition) is 3. The molecule has 72 valence electrons. The molecular weight excluding hydrogens is 232 g/mol. The van der Waals surface area contributed by atoms with Gasteiger partial charge in [0.25, 0.3) is 0 Å². The number of hydrogen-bond acceptors (Lipinski definition) is 3. The Balaban J connectivity index is 2.93. The lowest BCUT2D eigenvalue weighted by Crippen LogP contribution is -2.38. The van der Waals surface area contributed by atoms with E-state index >= 15 is 0 Å². The van der Waals surface area contributed by atoms with Gasteiger partial charge in [-0.05, 0) is 24.6 Å². The van der Waals surface area contributed by atoms with Crippen LogP contribution in [0.2, 0.25) is 0 Å². The van der Waals surface area contributed by atoms with Gasteiger partial charge in [-0.25, -0.2) is 0 Å². The number of nitrogens with two attached hydrogens (primary N) is 1. The normalized spacial score (nSPS) is 15.4. The van der Waals surface area contributed by atoms with Crippen LogP contribution < -0.4 is 11.3 Å². The molecular formula is C9H13BrN2O. The molecule has 1 aromatic carbocycles. The summed E-state index contributed by atoms with van der Waals surface area (Å²) in [6.07, 6.45) is 0. The van der Waals surface area contributed by atoms with Crippen LogP contribution >= 0.6 is 15.9 Å². The van der Waals surface area contributed by atoms with Crippen molar-refractivity contribution in [3.05, 3.63) is 34.3 Å². The number of aliphatic hydroxyl groups is 1. The van der Waals surface area contributed by atoms with Crippen LogP contribution in [-0.4, -0.2) is 11.7 Å². The highest BCUT2D eigenvalue weighted by Gasteiger charge is 2.21. The molecule has 0 aliphatic rings. The minimum Gasteiger partial charge on any atom is -0.384 e. The van der Waals surface area contributed by atoms with Crippen LogP contribution in [0.15, 0.2) is 28.7 Å². The molecule has 0 bridgehead atoms. The molecule has 1 atom stereocenters. The van der Waals surface area contributed by atoms with Crippen LogP contribution in [0.5, 0.6) is 0 Å². The van der Waals surface area contributed by atoms with E-state index in [4.69, 9.17) is 5.84 Å². The van der Waals surface area contributed by atoms with E-state index in [-0.39, 0.29) is 0 Å². The zero-order valence-electron chi connectivity index (χ0n) is 7.42. The van der Waals surface area contributed by atoms with Crippen LogP contribution in [0.4, 0.5) is 0 Å². The summed E-state index contributed by atoms with van der Waals surface area (Å²) in [5, 5.41) is 9.95. The Bertz CT molecular complexity index is 289. The predicted octanol–water partition coefficient (Wildman–Crippen LogP) is 1.12. The Hall–Kier alpha value is -0.420. The Morgan fingerprint density at radius 3 is 2.85 bits per heavy atom. The van der Waals surface area contributed by atoms with E-state index in [1.54, 1.807) is 6.92 Å². The van der Waals surface area contributed by atoms with Gasteiger partial charge < -0.3 is 5.11 Å². The maximum Gasteiger partial charge on any atom is 0.101 e. The minimum absolute atomic E-state index is 0.323. The van der Waals surface area contributed by atoms with Crippen molar-refractivity contribution in [2.45, 2.75) is 12.5 Å². The van der Waals surface area contributed by atoms with Crippen molar-refractivity contribution < 1.29 is 5.11 Å². The van der Waals surface area contributed by atoms with Gasteiger partial charge in [0.2, 0.25) is 0 Å². The summed E-state index contributed by atoms with van der Waals surface area (Å²) >= 11 is 3.34. The van der Waals surface area contributed by atoms with Gasteiger partial charge in [-0.15, -0.1) is 0 Å².